The molecule has 1 saturated heterocycles. The molecular weight excluding hydrogens is 254 g/mol. The number of hydrogen-bond donors (Lipinski definition) is 1. The highest BCUT2D eigenvalue weighted by molar-refractivity contribution is 5.39. The molecule has 4 nitrogen and oxygen atoms in total. The number of aliphatic hydroxyl groups excluding tert-OH is 1. The van der Waals surface area contributed by atoms with Crippen molar-refractivity contribution in [3.63, 3.8) is 0 Å². The molecule has 1 aromatic carbocycles. The zero-order valence-electron chi connectivity index (χ0n) is 12.0. The van der Waals surface area contributed by atoms with Crippen molar-refractivity contribution in [1.82, 2.24) is 4.90 Å². The van der Waals surface area contributed by atoms with Crippen LogP contribution in [0.3, 0.4) is 0 Å². The Kier molecular flexibility index (Phi) is 4.24. The first-order valence-electron chi connectivity index (χ1n) is 7.48. The monoisotopic (exact) mass is 277 g/mol. The van der Waals surface area contributed by atoms with Crippen LogP contribution in [0.15, 0.2) is 18.2 Å². The molecule has 4 heteroatoms. The van der Waals surface area contributed by atoms with E-state index in [2.05, 4.69) is 30.0 Å². The van der Waals surface area contributed by atoms with Crippen LogP contribution in [0.2, 0.25) is 0 Å². The van der Waals surface area contributed by atoms with Gasteiger partial charge in [0, 0.05) is 26.1 Å². The van der Waals surface area contributed by atoms with Crippen molar-refractivity contribution in [3.8, 4) is 5.75 Å². The van der Waals surface area contributed by atoms with Crippen LogP contribution in [0.25, 0.3) is 0 Å². The molecule has 2 unspecified atom stereocenters. The highest BCUT2D eigenvalue weighted by atomic mass is 16.5. The van der Waals surface area contributed by atoms with Crippen molar-refractivity contribution < 1.29 is 14.6 Å². The molecule has 1 N–H and O–H groups in total. The zero-order chi connectivity index (χ0) is 13.9. The molecule has 2 atom stereocenters. The molecule has 1 fully saturated rings. The smallest absolute Gasteiger partial charge is 0.122 e. The second kappa shape index (κ2) is 6.12. The average Bonchev–Trinajstić information content (AvgIpc) is 2.92. The fourth-order valence-corrected chi connectivity index (χ4v) is 3.11. The Labute approximate surface area is 120 Å². The number of ether oxygens (including phenoxy) is 2. The molecule has 0 bridgehead atoms. The van der Waals surface area contributed by atoms with E-state index in [1.54, 1.807) is 0 Å². The fourth-order valence-electron chi connectivity index (χ4n) is 3.11. The van der Waals surface area contributed by atoms with Gasteiger partial charge in [-0.05, 0) is 30.5 Å². The zero-order valence-corrected chi connectivity index (χ0v) is 12.0. The van der Waals surface area contributed by atoms with Gasteiger partial charge in [0.25, 0.3) is 0 Å². The van der Waals surface area contributed by atoms with Crippen LogP contribution in [0, 0.1) is 0 Å². The Bertz CT molecular complexity index is 463. The molecule has 3 rings (SSSR count). The molecule has 0 saturated carbocycles. The summed E-state index contributed by atoms with van der Waals surface area (Å²) in [7, 11) is 0. The lowest BCUT2D eigenvalue weighted by Crippen LogP contribution is -2.48. The van der Waals surface area contributed by atoms with Gasteiger partial charge in [-0.25, -0.2) is 0 Å². The summed E-state index contributed by atoms with van der Waals surface area (Å²) < 4.78 is 11.2. The summed E-state index contributed by atoms with van der Waals surface area (Å²) in [6.07, 6.45) is 2.24. The standard InChI is InChI=1S/C16H23NO3/c1-12-9-17(10-15(11-18)20-12)6-4-13-2-3-16-14(8-13)5-7-19-16/h2-3,8,12,15,18H,4-7,9-11H2,1H3. The van der Waals surface area contributed by atoms with E-state index in [1.807, 2.05) is 0 Å². The average molecular weight is 277 g/mol. The fraction of sp³-hybridized carbons (Fsp3) is 0.625. The predicted molar refractivity (Wildman–Crippen MR) is 77.2 cm³/mol. The largest absolute Gasteiger partial charge is 0.493 e. The van der Waals surface area contributed by atoms with Crippen molar-refractivity contribution in [2.45, 2.75) is 32.0 Å². The molecule has 110 valence electrons. The van der Waals surface area contributed by atoms with Crippen molar-refractivity contribution in [2.24, 2.45) is 0 Å². The van der Waals surface area contributed by atoms with E-state index in [4.69, 9.17) is 9.47 Å². The van der Waals surface area contributed by atoms with Gasteiger partial charge in [0.05, 0.1) is 25.4 Å². The molecular formula is C16H23NO3. The Morgan fingerprint density at radius 3 is 3.10 bits per heavy atom. The number of rotatable bonds is 4. The molecule has 0 aromatic heterocycles. The molecule has 20 heavy (non-hydrogen) atoms. The Morgan fingerprint density at radius 1 is 1.35 bits per heavy atom. The van der Waals surface area contributed by atoms with Crippen LogP contribution in [0.1, 0.15) is 18.1 Å². The first-order chi connectivity index (χ1) is 9.74. The number of hydrogen-bond acceptors (Lipinski definition) is 4. The summed E-state index contributed by atoms with van der Waals surface area (Å²) in [5, 5.41) is 9.25. The lowest BCUT2D eigenvalue weighted by atomic mass is 10.1. The number of aliphatic hydroxyl groups is 1. The van der Waals surface area contributed by atoms with Crippen molar-refractivity contribution in [2.75, 3.05) is 32.8 Å². The lowest BCUT2D eigenvalue weighted by molar-refractivity contribution is -0.0947. The van der Waals surface area contributed by atoms with Gasteiger partial charge in [-0.2, -0.15) is 0 Å². The van der Waals surface area contributed by atoms with E-state index in [0.29, 0.717) is 0 Å². The summed E-state index contributed by atoms with van der Waals surface area (Å²) >= 11 is 0. The normalized spacial score (nSPS) is 26.3. The summed E-state index contributed by atoms with van der Waals surface area (Å²) in [5.41, 5.74) is 2.71. The lowest BCUT2D eigenvalue weighted by Gasteiger charge is -2.36. The van der Waals surface area contributed by atoms with E-state index >= 15 is 0 Å². The summed E-state index contributed by atoms with van der Waals surface area (Å²) in [4.78, 5) is 2.39. The van der Waals surface area contributed by atoms with E-state index < -0.39 is 0 Å². The van der Waals surface area contributed by atoms with Crippen LogP contribution >= 0.6 is 0 Å². The molecule has 0 aliphatic carbocycles. The minimum Gasteiger partial charge on any atom is -0.493 e. The number of benzene rings is 1. The number of fused-ring (bicyclic) bond motifs is 1. The molecule has 0 amide bonds. The van der Waals surface area contributed by atoms with Gasteiger partial charge >= 0.3 is 0 Å². The molecule has 1 aromatic rings. The molecule has 2 aliphatic rings. The Hall–Kier alpha value is -1.10. The van der Waals surface area contributed by atoms with Gasteiger partial charge in [-0.1, -0.05) is 12.1 Å². The highest BCUT2D eigenvalue weighted by Crippen LogP contribution is 2.26. The van der Waals surface area contributed by atoms with Crippen LogP contribution in [-0.2, 0) is 17.6 Å². The molecule has 2 heterocycles. The number of nitrogens with zero attached hydrogens (tertiary/aromatic N) is 1. The van der Waals surface area contributed by atoms with Crippen molar-refractivity contribution in [3.05, 3.63) is 29.3 Å². The van der Waals surface area contributed by atoms with Gasteiger partial charge in [0.15, 0.2) is 0 Å². The number of morpholine rings is 1. The van der Waals surface area contributed by atoms with Gasteiger partial charge < -0.3 is 14.6 Å². The van der Waals surface area contributed by atoms with Gasteiger partial charge in [-0.15, -0.1) is 0 Å². The molecule has 0 spiro atoms. The summed E-state index contributed by atoms with van der Waals surface area (Å²) in [6, 6.07) is 6.53. The quantitative estimate of drug-likeness (QED) is 0.899. The van der Waals surface area contributed by atoms with Gasteiger partial charge in [-0.3, -0.25) is 4.90 Å². The first kappa shape index (κ1) is 13.9. The van der Waals surface area contributed by atoms with E-state index in [-0.39, 0.29) is 18.8 Å². The minimum atomic E-state index is -0.0350. The van der Waals surface area contributed by atoms with E-state index in [0.717, 1.165) is 44.8 Å². The topological polar surface area (TPSA) is 41.9 Å². The Balaban J connectivity index is 1.56. The van der Waals surface area contributed by atoms with Crippen molar-refractivity contribution in [1.29, 1.82) is 0 Å². The van der Waals surface area contributed by atoms with Crippen molar-refractivity contribution >= 4 is 0 Å². The van der Waals surface area contributed by atoms with Crippen LogP contribution in [0.5, 0.6) is 5.75 Å². The van der Waals surface area contributed by atoms with E-state index in [1.165, 1.54) is 11.1 Å². The maximum Gasteiger partial charge on any atom is 0.122 e. The Morgan fingerprint density at radius 2 is 2.25 bits per heavy atom. The van der Waals surface area contributed by atoms with Crippen LogP contribution < -0.4 is 4.74 Å². The third-order valence-corrected chi connectivity index (χ3v) is 4.08. The second-order valence-corrected chi connectivity index (χ2v) is 5.80. The van der Waals surface area contributed by atoms with Crippen LogP contribution in [-0.4, -0.2) is 55.1 Å². The minimum absolute atomic E-state index is 0.0350. The maximum absolute atomic E-state index is 9.25. The van der Waals surface area contributed by atoms with E-state index in [9.17, 15) is 5.11 Å². The SMILES string of the molecule is CC1CN(CCc2ccc3c(c2)CCO3)CC(CO)O1. The maximum atomic E-state index is 9.25. The molecule has 0 radical (unpaired) electrons. The second-order valence-electron chi connectivity index (χ2n) is 5.80. The van der Waals surface area contributed by atoms with Crippen LogP contribution in [0.4, 0.5) is 0 Å². The van der Waals surface area contributed by atoms with Gasteiger partial charge in [0.2, 0.25) is 0 Å². The molecule has 2 aliphatic heterocycles. The summed E-state index contributed by atoms with van der Waals surface area (Å²) in [6.45, 7) is 5.79. The third-order valence-electron chi connectivity index (χ3n) is 4.08. The third kappa shape index (κ3) is 3.14. The predicted octanol–water partition coefficient (Wildman–Crippen LogP) is 1.25. The highest BCUT2D eigenvalue weighted by Gasteiger charge is 2.24. The summed E-state index contributed by atoms with van der Waals surface area (Å²) in [5.74, 6) is 1.05. The first-order valence-corrected chi connectivity index (χ1v) is 7.48. The van der Waals surface area contributed by atoms with Gasteiger partial charge in [0.1, 0.15) is 5.75 Å².